The molecule has 10 heteroatoms. The molecule has 1 aromatic rings. The molecule has 9 nitrogen and oxygen atoms in total. The summed E-state index contributed by atoms with van der Waals surface area (Å²) in [5.74, 6) is -0.917. The number of carbonyl (C=O) groups is 1. The van der Waals surface area contributed by atoms with Gasteiger partial charge < -0.3 is 0 Å². The molecule has 0 bridgehead atoms. The number of carbonyl (C=O) groups excluding carboxylic acids is 1. The minimum Gasteiger partial charge on any atom is -0.287 e. The maximum absolute atomic E-state index is 11.6. The van der Waals surface area contributed by atoms with E-state index in [4.69, 9.17) is 4.55 Å². The molecular formula is C10H13N3O6S. The summed E-state index contributed by atoms with van der Waals surface area (Å²) in [6.45, 7) is 0.151. The Bertz CT molecular complexity index is 584. The highest BCUT2D eigenvalue weighted by molar-refractivity contribution is 7.85. The molecule has 0 aliphatic carbocycles. The van der Waals surface area contributed by atoms with E-state index in [0.717, 1.165) is 0 Å². The van der Waals surface area contributed by atoms with Crippen LogP contribution in [0.4, 0.5) is 5.69 Å². The summed E-state index contributed by atoms with van der Waals surface area (Å²) in [6, 6.07) is 5.00. The topological polar surface area (TPSA) is 139 Å². The van der Waals surface area contributed by atoms with E-state index in [1.165, 1.54) is 24.3 Å². The van der Waals surface area contributed by atoms with Crippen molar-refractivity contribution in [1.82, 2.24) is 10.9 Å². The van der Waals surface area contributed by atoms with Crippen molar-refractivity contribution < 1.29 is 22.7 Å². The first-order valence-corrected chi connectivity index (χ1v) is 7.13. The van der Waals surface area contributed by atoms with Crippen molar-refractivity contribution >= 4 is 21.7 Å². The molecule has 3 N–H and O–H groups in total. The van der Waals surface area contributed by atoms with Crippen LogP contribution >= 0.6 is 0 Å². The van der Waals surface area contributed by atoms with Gasteiger partial charge in [0.05, 0.1) is 10.7 Å². The first kappa shape index (κ1) is 16.0. The van der Waals surface area contributed by atoms with Crippen LogP contribution in [0.1, 0.15) is 16.8 Å². The van der Waals surface area contributed by atoms with Crippen molar-refractivity contribution in [3.8, 4) is 0 Å². The second-order valence-corrected chi connectivity index (χ2v) is 5.40. The lowest BCUT2D eigenvalue weighted by atomic mass is 10.2. The number of benzene rings is 1. The Labute approximate surface area is 114 Å². The average molecular weight is 303 g/mol. The Morgan fingerprint density at radius 2 is 1.90 bits per heavy atom. The molecule has 1 aromatic carbocycles. The number of nitrogens with one attached hydrogen (secondary N) is 2. The van der Waals surface area contributed by atoms with Gasteiger partial charge >= 0.3 is 0 Å². The summed E-state index contributed by atoms with van der Waals surface area (Å²) in [5.41, 5.74) is 4.88. The first-order chi connectivity index (χ1) is 9.29. The van der Waals surface area contributed by atoms with Gasteiger partial charge in [-0.2, -0.15) is 8.42 Å². The summed E-state index contributed by atoms with van der Waals surface area (Å²) in [4.78, 5) is 21.4. The van der Waals surface area contributed by atoms with Crippen LogP contribution in [0, 0.1) is 10.1 Å². The molecule has 0 spiro atoms. The Balaban J connectivity index is 2.38. The van der Waals surface area contributed by atoms with Crippen molar-refractivity contribution in [2.75, 3.05) is 12.3 Å². The minimum atomic E-state index is -4.01. The Morgan fingerprint density at radius 3 is 2.40 bits per heavy atom. The molecule has 0 atom stereocenters. The van der Waals surface area contributed by atoms with Crippen LogP contribution in [0.5, 0.6) is 0 Å². The summed E-state index contributed by atoms with van der Waals surface area (Å²) in [6.07, 6.45) is 0.124. The third-order valence-corrected chi connectivity index (χ3v) is 3.05. The van der Waals surface area contributed by atoms with Crippen LogP contribution in [-0.4, -0.2) is 36.1 Å². The van der Waals surface area contributed by atoms with Gasteiger partial charge in [-0.25, -0.2) is 5.43 Å². The van der Waals surface area contributed by atoms with Crippen LogP contribution in [0.15, 0.2) is 24.3 Å². The average Bonchev–Trinajstić information content (AvgIpc) is 2.37. The van der Waals surface area contributed by atoms with Crippen LogP contribution in [-0.2, 0) is 10.1 Å². The molecule has 0 radical (unpaired) electrons. The molecule has 0 fully saturated rings. The van der Waals surface area contributed by atoms with E-state index in [0.29, 0.717) is 0 Å². The number of hydrogen-bond acceptors (Lipinski definition) is 6. The summed E-state index contributed by atoms with van der Waals surface area (Å²) >= 11 is 0. The van der Waals surface area contributed by atoms with Gasteiger partial charge in [0.1, 0.15) is 0 Å². The van der Waals surface area contributed by atoms with Gasteiger partial charge in [-0.3, -0.25) is 24.9 Å². The number of amides is 1. The lowest BCUT2D eigenvalue weighted by Gasteiger charge is -2.06. The van der Waals surface area contributed by atoms with E-state index >= 15 is 0 Å². The summed E-state index contributed by atoms with van der Waals surface area (Å²) in [7, 11) is -4.01. The Hall–Kier alpha value is -2.04. The highest BCUT2D eigenvalue weighted by Crippen LogP contribution is 2.11. The Kier molecular flexibility index (Phi) is 5.55. The Morgan fingerprint density at radius 1 is 1.30 bits per heavy atom. The molecule has 1 amide bonds. The quantitative estimate of drug-likeness (QED) is 0.281. The lowest BCUT2D eigenvalue weighted by Crippen LogP contribution is -2.38. The van der Waals surface area contributed by atoms with Crippen molar-refractivity contribution in [2.45, 2.75) is 6.42 Å². The van der Waals surface area contributed by atoms with E-state index in [-0.39, 0.29) is 24.2 Å². The van der Waals surface area contributed by atoms with Crippen molar-refractivity contribution in [3.05, 3.63) is 39.9 Å². The minimum absolute atomic E-state index is 0.123. The molecule has 0 saturated carbocycles. The van der Waals surface area contributed by atoms with Crippen molar-refractivity contribution in [1.29, 1.82) is 0 Å². The highest BCUT2D eigenvalue weighted by Gasteiger charge is 2.09. The van der Waals surface area contributed by atoms with Gasteiger partial charge in [-0.1, -0.05) is 0 Å². The second kappa shape index (κ2) is 6.93. The molecule has 1 rings (SSSR count). The van der Waals surface area contributed by atoms with Gasteiger partial charge in [-0.05, 0) is 18.6 Å². The normalized spacial score (nSPS) is 11.1. The van der Waals surface area contributed by atoms with Gasteiger partial charge in [-0.15, -0.1) is 0 Å². The predicted octanol–water partition coefficient (Wildman–Crippen LogP) is 0.107. The van der Waals surface area contributed by atoms with Gasteiger partial charge in [0.25, 0.3) is 21.7 Å². The molecule has 20 heavy (non-hydrogen) atoms. The molecule has 0 heterocycles. The van der Waals surface area contributed by atoms with Crippen LogP contribution in [0.3, 0.4) is 0 Å². The van der Waals surface area contributed by atoms with Crippen molar-refractivity contribution in [2.24, 2.45) is 0 Å². The molecule has 110 valence electrons. The predicted molar refractivity (Wildman–Crippen MR) is 69.6 cm³/mol. The largest absolute Gasteiger partial charge is 0.287 e. The molecule has 0 aliphatic rings. The van der Waals surface area contributed by atoms with Crippen molar-refractivity contribution in [3.63, 3.8) is 0 Å². The maximum Gasteiger partial charge on any atom is 0.269 e. The van der Waals surface area contributed by atoms with Gasteiger partial charge in [0.15, 0.2) is 0 Å². The first-order valence-electron chi connectivity index (χ1n) is 5.52. The van der Waals surface area contributed by atoms with E-state index < -0.39 is 26.7 Å². The SMILES string of the molecule is O=C(NNCCCS(=O)(=O)O)c1ccc([N+](=O)[O-])cc1. The van der Waals surface area contributed by atoms with Gasteiger partial charge in [0, 0.05) is 24.2 Å². The number of nitro benzene ring substituents is 1. The van der Waals surface area contributed by atoms with E-state index in [1.807, 2.05) is 0 Å². The number of hydrogen-bond donors (Lipinski definition) is 3. The number of nitro groups is 1. The molecule has 0 saturated heterocycles. The highest BCUT2D eigenvalue weighted by atomic mass is 32.2. The zero-order valence-electron chi connectivity index (χ0n) is 10.3. The summed E-state index contributed by atoms with van der Waals surface area (Å²) < 4.78 is 29.3. The fourth-order valence-corrected chi connectivity index (χ4v) is 1.80. The van der Waals surface area contributed by atoms with E-state index in [9.17, 15) is 23.3 Å². The molecule has 0 aromatic heterocycles. The third-order valence-electron chi connectivity index (χ3n) is 2.25. The van der Waals surface area contributed by atoms with E-state index in [1.54, 1.807) is 0 Å². The number of nitrogens with zero attached hydrogens (tertiary/aromatic N) is 1. The van der Waals surface area contributed by atoms with Crippen LogP contribution in [0.25, 0.3) is 0 Å². The fraction of sp³-hybridized carbons (Fsp3) is 0.300. The fourth-order valence-electron chi connectivity index (χ4n) is 1.29. The lowest BCUT2D eigenvalue weighted by molar-refractivity contribution is -0.384. The van der Waals surface area contributed by atoms with Gasteiger partial charge in [0.2, 0.25) is 0 Å². The number of hydrazine groups is 1. The maximum atomic E-state index is 11.6. The molecule has 0 unspecified atom stereocenters. The van der Waals surface area contributed by atoms with Crippen LogP contribution in [0.2, 0.25) is 0 Å². The van der Waals surface area contributed by atoms with Crippen LogP contribution < -0.4 is 10.9 Å². The molecule has 0 aliphatic heterocycles. The zero-order chi connectivity index (χ0) is 15.2. The number of non-ortho nitro benzene ring substituents is 1. The monoisotopic (exact) mass is 303 g/mol. The number of rotatable bonds is 7. The summed E-state index contributed by atoms with van der Waals surface area (Å²) in [5, 5.41) is 10.4. The standard InChI is InChI=1S/C10H13N3O6S/c14-10(12-11-6-1-7-20(17,18)19)8-2-4-9(5-3-8)13(15)16/h2-5,11H,1,6-7H2,(H,12,14)(H,17,18,19). The molecular weight excluding hydrogens is 290 g/mol. The third kappa shape index (κ3) is 5.73. The second-order valence-electron chi connectivity index (χ2n) is 3.82. The zero-order valence-corrected chi connectivity index (χ0v) is 11.1. The smallest absolute Gasteiger partial charge is 0.269 e. The van der Waals surface area contributed by atoms with E-state index in [2.05, 4.69) is 10.9 Å².